The van der Waals surface area contributed by atoms with Gasteiger partial charge in [0.05, 0.1) is 11.0 Å². The third kappa shape index (κ3) is 2.12. The lowest BCUT2D eigenvalue weighted by Gasteiger charge is -2.10. The molecule has 19 heavy (non-hydrogen) atoms. The van der Waals surface area contributed by atoms with Crippen molar-refractivity contribution < 1.29 is 14.1 Å². The Morgan fingerprint density at radius 1 is 1.32 bits per heavy atom. The van der Waals surface area contributed by atoms with Gasteiger partial charge in [-0.1, -0.05) is 0 Å². The van der Waals surface area contributed by atoms with E-state index >= 15 is 0 Å². The van der Waals surface area contributed by atoms with E-state index in [1.807, 2.05) is 0 Å². The molecule has 6 heteroatoms. The van der Waals surface area contributed by atoms with Crippen LogP contribution in [0.25, 0.3) is 5.69 Å². The highest BCUT2D eigenvalue weighted by molar-refractivity contribution is 5.78. The fourth-order valence-corrected chi connectivity index (χ4v) is 2.11. The van der Waals surface area contributed by atoms with Gasteiger partial charge in [0.2, 0.25) is 0 Å². The number of nitro benzene ring substituents is 1. The Bertz CT molecular complexity index is 677. The van der Waals surface area contributed by atoms with Crippen molar-refractivity contribution in [3.05, 3.63) is 57.1 Å². The molecule has 0 bridgehead atoms. The van der Waals surface area contributed by atoms with Crippen LogP contribution in [0, 0.1) is 29.8 Å². The monoisotopic (exact) mass is 262 g/mol. The number of hydrogen-bond acceptors (Lipinski definition) is 3. The second-order valence-electron chi connectivity index (χ2n) is 4.17. The predicted molar refractivity (Wildman–Crippen MR) is 67.2 cm³/mol. The molecular formula is C13H11FN2O3. The topological polar surface area (TPSA) is 65.1 Å². The number of carbonyl (C=O) groups is 1. The quantitative estimate of drug-likeness (QED) is 0.485. The molecule has 2 rings (SSSR count). The number of aldehydes is 1. The second kappa shape index (κ2) is 4.64. The van der Waals surface area contributed by atoms with E-state index < -0.39 is 10.7 Å². The van der Waals surface area contributed by atoms with Crippen molar-refractivity contribution in [2.24, 2.45) is 0 Å². The van der Waals surface area contributed by atoms with Crippen LogP contribution in [0.4, 0.5) is 10.1 Å². The number of rotatable bonds is 3. The van der Waals surface area contributed by atoms with Crippen LogP contribution in [0.15, 0.2) is 24.3 Å². The lowest BCUT2D eigenvalue weighted by Crippen LogP contribution is -2.04. The van der Waals surface area contributed by atoms with Crippen molar-refractivity contribution in [3.63, 3.8) is 0 Å². The zero-order chi connectivity index (χ0) is 14.2. The lowest BCUT2D eigenvalue weighted by molar-refractivity contribution is -0.384. The first kappa shape index (κ1) is 12.9. The predicted octanol–water partition coefficient (Wildman–Crippen LogP) is 2.95. The fraction of sp³-hybridized carbons (Fsp3) is 0.154. The van der Waals surface area contributed by atoms with E-state index in [0.717, 1.165) is 12.1 Å². The maximum atomic E-state index is 13.1. The van der Waals surface area contributed by atoms with E-state index in [0.29, 0.717) is 23.2 Å². The van der Waals surface area contributed by atoms with Crippen molar-refractivity contribution in [3.8, 4) is 5.69 Å². The van der Waals surface area contributed by atoms with Gasteiger partial charge in [0, 0.05) is 17.0 Å². The minimum absolute atomic E-state index is 0.245. The van der Waals surface area contributed by atoms with Crippen molar-refractivity contribution in [2.75, 3.05) is 0 Å². The SMILES string of the molecule is Cc1cc(C=O)c(C)n1-c1ccc(F)cc1[N+](=O)[O-]. The molecule has 0 radical (unpaired) electrons. The zero-order valence-electron chi connectivity index (χ0n) is 10.4. The highest BCUT2D eigenvalue weighted by atomic mass is 19.1. The number of nitro groups is 1. The van der Waals surface area contributed by atoms with E-state index in [2.05, 4.69) is 0 Å². The number of nitrogens with zero attached hydrogens (tertiary/aromatic N) is 2. The average Bonchev–Trinajstić information content (AvgIpc) is 2.64. The Kier molecular flexibility index (Phi) is 3.16. The normalized spacial score (nSPS) is 10.5. The zero-order valence-corrected chi connectivity index (χ0v) is 10.4. The summed E-state index contributed by atoms with van der Waals surface area (Å²) in [7, 11) is 0. The highest BCUT2D eigenvalue weighted by Gasteiger charge is 2.20. The van der Waals surface area contributed by atoms with Crippen LogP contribution in [0.2, 0.25) is 0 Å². The van der Waals surface area contributed by atoms with Gasteiger partial charge in [0.25, 0.3) is 5.69 Å². The summed E-state index contributed by atoms with van der Waals surface area (Å²) in [5.74, 6) is -0.673. The van der Waals surface area contributed by atoms with Crippen molar-refractivity contribution in [1.29, 1.82) is 0 Å². The average molecular weight is 262 g/mol. The Morgan fingerprint density at radius 3 is 2.53 bits per heavy atom. The summed E-state index contributed by atoms with van der Waals surface area (Å²) in [6, 6.07) is 4.99. The molecule has 1 heterocycles. The van der Waals surface area contributed by atoms with Gasteiger partial charge in [-0.25, -0.2) is 4.39 Å². The van der Waals surface area contributed by atoms with Gasteiger partial charge >= 0.3 is 0 Å². The van der Waals surface area contributed by atoms with Crippen molar-refractivity contribution in [2.45, 2.75) is 13.8 Å². The Balaban J connectivity index is 2.75. The summed E-state index contributed by atoms with van der Waals surface area (Å²) in [6.45, 7) is 3.41. The van der Waals surface area contributed by atoms with Crippen LogP contribution in [-0.2, 0) is 0 Å². The van der Waals surface area contributed by atoms with Gasteiger partial charge in [-0.15, -0.1) is 0 Å². The number of halogens is 1. The third-order valence-corrected chi connectivity index (χ3v) is 2.97. The number of hydrogen-bond donors (Lipinski definition) is 0. The van der Waals surface area contributed by atoms with E-state index in [1.165, 1.54) is 6.07 Å². The molecule has 0 atom stereocenters. The summed E-state index contributed by atoms with van der Waals surface area (Å²) in [4.78, 5) is 21.3. The molecule has 0 saturated heterocycles. The molecule has 0 fully saturated rings. The first-order chi connectivity index (χ1) is 8.95. The van der Waals surface area contributed by atoms with Crippen LogP contribution < -0.4 is 0 Å². The van der Waals surface area contributed by atoms with Crippen molar-refractivity contribution >= 4 is 12.0 Å². The van der Waals surface area contributed by atoms with E-state index in [9.17, 15) is 19.3 Å². The molecule has 0 unspecified atom stereocenters. The standard InChI is InChI=1S/C13H11FN2O3/c1-8-5-10(7-17)9(2)15(8)12-4-3-11(14)6-13(12)16(18)19/h3-7H,1-2H3. The molecular weight excluding hydrogens is 251 g/mol. The molecule has 0 aliphatic rings. The number of carbonyl (C=O) groups excluding carboxylic acids is 1. The van der Waals surface area contributed by atoms with E-state index in [1.54, 1.807) is 24.5 Å². The smallest absolute Gasteiger partial charge is 0.296 e. The number of aromatic nitrogens is 1. The molecule has 0 N–H and O–H groups in total. The maximum absolute atomic E-state index is 13.1. The molecule has 0 aliphatic carbocycles. The Morgan fingerprint density at radius 2 is 2.00 bits per heavy atom. The van der Waals surface area contributed by atoms with Crippen LogP contribution in [0.1, 0.15) is 21.7 Å². The van der Waals surface area contributed by atoms with Gasteiger partial charge in [-0.05, 0) is 32.0 Å². The molecule has 0 aliphatic heterocycles. The Labute approximate surface area is 108 Å². The summed E-state index contributed by atoms with van der Waals surface area (Å²) in [6.07, 6.45) is 0.689. The van der Waals surface area contributed by atoms with E-state index in [4.69, 9.17) is 0 Å². The van der Waals surface area contributed by atoms with Gasteiger partial charge in [0.15, 0.2) is 6.29 Å². The van der Waals surface area contributed by atoms with Gasteiger partial charge in [0.1, 0.15) is 11.5 Å². The van der Waals surface area contributed by atoms with Crippen molar-refractivity contribution in [1.82, 2.24) is 4.57 Å². The molecule has 5 nitrogen and oxygen atoms in total. The summed E-state index contributed by atoms with van der Waals surface area (Å²) >= 11 is 0. The van der Waals surface area contributed by atoms with Gasteiger partial charge in [-0.2, -0.15) is 0 Å². The third-order valence-electron chi connectivity index (χ3n) is 2.97. The summed E-state index contributed by atoms with van der Waals surface area (Å²) in [5.41, 5.74) is 1.63. The fourth-order valence-electron chi connectivity index (χ4n) is 2.11. The second-order valence-corrected chi connectivity index (χ2v) is 4.17. The summed E-state index contributed by atoms with van der Waals surface area (Å²) in [5, 5.41) is 11.0. The maximum Gasteiger partial charge on any atom is 0.296 e. The molecule has 0 spiro atoms. The summed E-state index contributed by atoms with van der Waals surface area (Å²) < 4.78 is 14.7. The molecule has 1 aromatic carbocycles. The van der Waals surface area contributed by atoms with Gasteiger partial charge < -0.3 is 4.57 Å². The minimum Gasteiger partial charge on any atom is -0.312 e. The first-order valence-electron chi connectivity index (χ1n) is 5.54. The molecule has 98 valence electrons. The molecule has 0 amide bonds. The van der Waals surface area contributed by atoms with Crippen LogP contribution >= 0.6 is 0 Å². The minimum atomic E-state index is -0.673. The largest absolute Gasteiger partial charge is 0.312 e. The molecule has 0 saturated carbocycles. The van der Waals surface area contributed by atoms with Crippen LogP contribution in [0.5, 0.6) is 0 Å². The first-order valence-corrected chi connectivity index (χ1v) is 5.54. The van der Waals surface area contributed by atoms with E-state index in [-0.39, 0.29) is 11.4 Å². The lowest BCUT2D eigenvalue weighted by atomic mass is 10.2. The van der Waals surface area contributed by atoms with Crippen LogP contribution in [-0.4, -0.2) is 15.8 Å². The molecule has 2 aromatic rings. The van der Waals surface area contributed by atoms with Crippen LogP contribution in [0.3, 0.4) is 0 Å². The Hall–Kier alpha value is -2.50. The van der Waals surface area contributed by atoms with Gasteiger partial charge in [-0.3, -0.25) is 14.9 Å². The number of benzene rings is 1. The highest BCUT2D eigenvalue weighted by Crippen LogP contribution is 2.28. The molecule has 1 aromatic heterocycles. The number of aryl methyl sites for hydroxylation is 1.